The van der Waals surface area contributed by atoms with Crippen LogP contribution in [0.3, 0.4) is 0 Å². The number of aromatic nitrogens is 2. The van der Waals surface area contributed by atoms with E-state index < -0.39 is 13.1 Å². The summed E-state index contributed by atoms with van der Waals surface area (Å²) < 4.78 is 6.35. The molecule has 1 saturated heterocycles. The van der Waals surface area contributed by atoms with Gasteiger partial charge in [-0.25, -0.2) is 4.79 Å². The van der Waals surface area contributed by atoms with Gasteiger partial charge in [0, 0.05) is 39.3 Å². The third-order valence-electron chi connectivity index (χ3n) is 5.21. The molecule has 9 nitrogen and oxygen atoms in total. The number of nitrogens with zero attached hydrogens (tertiary/aromatic N) is 3. The summed E-state index contributed by atoms with van der Waals surface area (Å²) in [5.74, 6) is -0.789. The Balaban J connectivity index is 1.35. The van der Waals surface area contributed by atoms with Crippen molar-refractivity contribution in [1.29, 1.82) is 0 Å². The molecule has 1 atom stereocenters. The van der Waals surface area contributed by atoms with E-state index in [4.69, 9.17) is 4.65 Å². The van der Waals surface area contributed by atoms with Gasteiger partial charge in [0.05, 0.1) is 5.15 Å². The normalized spacial score (nSPS) is 19.3. The molecule has 0 unspecified atom stereocenters. The smallest absolute Gasteiger partial charge is 0.535 e. The van der Waals surface area contributed by atoms with E-state index in [2.05, 4.69) is 25.7 Å². The summed E-state index contributed by atoms with van der Waals surface area (Å²) >= 11 is 2.85. The SMILES string of the molecule is Cc1ccc2c(c1C(=O)O)OB(O)[C@@H](Sc1nnc(NCCN3CCNCC3)s1)C2. The fraction of sp³-hybridized carbons (Fsp3) is 0.500. The van der Waals surface area contributed by atoms with Crippen molar-refractivity contribution in [3.8, 4) is 5.75 Å². The number of thioether (sulfide) groups is 1. The minimum absolute atomic E-state index is 0.113. The molecule has 1 fully saturated rings. The van der Waals surface area contributed by atoms with Crippen molar-refractivity contribution < 1.29 is 19.6 Å². The number of aromatic carboxylic acids is 1. The van der Waals surface area contributed by atoms with Gasteiger partial charge in [0.2, 0.25) is 5.13 Å². The first-order chi connectivity index (χ1) is 14.5. The van der Waals surface area contributed by atoms with Crippen LogP contribution in [-0.4, -0.2) is 82.7 Å². The van der Waals surface area contributed by atoms with Crippen LogP contribution in [0.4, 0.5) is 5.13 Å². The van der Waals surface area contributed by atoms with Gasteiger partial charge in [-0.3, -0.25) is 4.90 Å². The Morgan fingerprint density at radius 2 is 2.23 bits per heavy atom. The van der Waals surface area contributed by atoms with Gasteiger partial charge in [0.15, 0.2) is 4.34 Å². The van der Waals surface area contributed by atoms with E-state index in [1.165, 1.54) is 23.1 Å². The minimum atomic E-state index is -1.12. The number of carboxylic acids is 1. The average Bonchev–Trinajstić information content (AvgIpc) is 3.16. The molecule has 4 rings (SSSR count). The molecule has 0 spiro atoms. The van der Waals surface area contributed by atoms with Crippen molar-refractivity contribution in [2.24, 2.45) is 0 Å². The van der Waals surface area contributed by atoms with E-state index in [0.29, 0.717) is 12.0 Å². The number of anilines is 1. The second kappa shape index (κ2) is 9.52. The number of hydrogen-bond donors (Lipinski definition) is 4. The van der Waals surface area contributed by atoms with Gasteiger partial charge in [-0.05, 0) is 24.5 Å². The van der Waals surface area contributed by atoms with Crippen molar-refractivity contribution in [3.63, 3.8) is 0 Å². The molecule has 0 saturated carbocycles. The average molecular weight is 449 g/mol. The Bertz CT molecular complexity index is 909. The minimum Gasteiger partial charge on any atom is -0.535 e. The zero-order valence-electron chi connectivity index (χ0n) is 16.6. The first-order valence-electron chi connectivity index (χ1n) is 9.89. The summed E-state index contributed by atoms with van der Waals surface area (Å²) in [6, 6.07) is 3.64. The molecule has 12 heteroatoms. The number of aryl methyl sites for hydroxylation is 1. The monoisotopic (exact) mass is 449 g/mol. The van der Waals surface area contributed by atoms with Gasteiger partial charge in [0.25, 0.3) is 0 Å². The highest BCUT2D eigenvalue weighted by molar-refractivity contribution is 8.02. The molecule has 30 heavy (non-hydrogen) atoms. The fourth-order valence-electron chi connectivity index (χ4n) is 3.61. The van der Waals surface area contributed by atoms with E-state index >= 15 is 0 Å². The van der Waals surface area contributed by atoms with Crippen molar-refractivity contribution in [3.05, 3.63) is 28.8 Å². The number of piperazine rings is 1. The highest BCUT2D eigenvalue weighted by atomic mass is 32.2. The van der Waals surface area contributed by atoms with Gasteiger partial charge in [0.1, 0.15) is 11.3 Å². The summed E-state index contributed by atoms with van der Waals surface area (Å²) in [6.45, 7) is 7.66. The maximum Gasteiger partial charge on any atom is 0.537 e. The molecule has 2 aliphatic heterocycles. The Hall–Kier alpha value is -1.86. The van der Waals surface area contributed by atoms with Crippen molar-refractivity contribution in [2.45, 2.75) is 22.8 Å². The molecular formula is C18H24BN5O4S2. The van der Waals surface area contributed by atoms with Crippen LogP contribution in [0.1, 0.15) is 21.5 Å². The third kappa shape index (κ3) is 4.89. The predicted octanol–water partition coefficient (Wildman–Crippen LogP) is 0.977. The molecular weight excluding hydrogens is 425 g/mol. The molecule has 1 aromatic carbocycles. The number of hydrogen-bond acceptors (Lipinski definition) is 10. The molecule has 0 radical (unpaired) electrons. The zero-order valence-corrected chi connectivity index (χ0v) is 18.3. The molecule has 2 aromatic rings. The van der Waals surface area contributed by atoms with E-state index in [-0.39, 0.29) is 16.5 Å². The van der Waals surface area contributed by atoms with Crippen LogP contribution in [0.2, 0.25) is 0 Å². The van der Waals surface area contributed by atoms with E-state index in [1.54, 1.807) is 13.0 Å². The van der Waals surface area contributed by atoms with Gasteiger partial charge in [-0.1, -0.05) is 35.2 Å². The molecule has 2 aliphatic rings. The highest BCUT2D eigenvalue weighted by Gasteiger charge is 2.38. The van der Waals surface area contributed by atoms with Crippen LogP contribution in [0.5, 0.6) is 5.75 Å². The molecule has 3 heterocycles. The summed E-state index contributed by atoms with van der Waals surface area (Å²) in [5.41, 5.74) is 1.50. The van der Waals surface area contributed by atoms with Crippen molar-refractivity contribution in [2.75, 3.05) is 44.6 Å². The number of carboxylic acid groups (broad SMARTS) is 1. The summed E-state index contributed by atoms with van der Waals surface area (Å²) in [4.78, 5) is 14.0. The Morgan fingerprint density at radius 1 is 1.43 bits per heavy atom. The zero-order chi connectivity index (χ0) is 21.1. The summed E-state index contributed by atoms with van der Waals surface area (Å²) in [5, 5.41) is 35.4. The topological polar surface area (TPSA) is 120 Å². The number of rotatable bonds is 7. The summed E-state index contributed by atoms with van der Waals surface area (Å²) in [6.07, 6.45) is 0.493. The maximum absolute atomic E-state index is 11.6. The van der Waals surface area contributed by atoms with E-state index in [0.717, 1.165) is 54.3 Å². The van der Waals surface area contributed by atoms with Gasteiger partial charge in [-0.2, -0.15) is 0 Å². The first kappa shape index (κ1) is 21.4. The van der Waals surface area contributed by atoms with Crippen LogP contribution in [0.25, 0.3) is 0 Å². The summed E-state index contributed by atoms with van der Waals surface area (Å²) in [7, 11) is -1.12. The molecule has 1 aromatic heterocycles. The van der Waals surface area contributed by atoms with Gasteiger partial charge < -0.3 is 25.4 Å². The standard InChI is InChI=1S/C18H24BN5O4S2/c1-11-2-3-12-10-13(19(27)28-15(12)14(11)16(25)26)29-18-23-22-17(30-18)21-6-9-24-7-4-20-5-8-24/h2-3,13,20,27H,4-10H2,1H3,(H,21,22)(H,25,26)/t13-/m0/s1. The Kier molecular flexibility index (Phi) is 6.79. The van der Waals surface area contributed by atoms with Crippen molar-refractivity contribution >= 4 is 41.3 Å². The van der Waals surface area contributed by atoms with Crippen molar-refractivity contribution in [1.82, 2.24) is 20.4 Å². The second-order valence-corrected chi connectivity index (χ2v) is 9.78. The predicted molar refractivity (Wildman–Crippen MR) is 118 cm³/mol. The number of fused-ring (bicyclic) bond motifs is 1. The van der Waals surface area contributed by atoms with Crippen LogP contribution in [0, 0.1) is 6.92 Å². The molecule has 0 amide bonds. The lowest BCUT2D eigenvalue weighted by atomic mass is 9.77. The van der Waals surface area contributed by atoms with Crippen LogP contribution in [0.15, 0.2) is 16.5 Å². The van der Waals surface area contributed by atoms with Crippen LogP contribution >= 0.6 is 23.1 Å². The quantitative estimate of drug-likeness (QED) is 0.456. The largest absolute Gasteiger partial charge is 0.537 e. The third-order valence-corrected chi connectivity index (χ3v) is 7.41. The first-order valence-corrected chi connectivity index (χ1v) is 11.6. The number of benzene rings is 1. The molecule has 4 N–H and O–H groups in total. The Labute approximate surface area is 183 Å². The number of nitrogens with one attached hydrogen (secondary N) is 2. The van der Waals surface area contributed by atoms with Crippen LogP contribution in [-0.2, 0) is 6.42 Å². The second-order valence-electron chi connectivity index (χ2n) is 7.31. The lowest BCUT2D eigenvalue weighted by Crippen LogP contribution is -2.45. The highest BCUT2D eigenvalue weighted by Crippen LogP contribution is 2.38. The van der Waals surface area contributed by atoms with E-state index in [1.807, 2.05) is 6.07 Å². The number of carbonyl (C=O) groups is 1. The van der Waals surface area contributed by atoms with Crippen LogP contribution < -0.4 is 15.3 Å². The van der Waals surface area contributed by atoms with Gasteiger partial charge in [-0.15, -0.1) is 10.2 Å². The fourth-order valence-corrected chi connectivity index (χ4v) is 5.70. The molecule has 0 aliphatic carbocycles. The van der Waals surface area contributed by atoms with E-state index in [9.17, 15) is 14.9 Å². The maximum atomic E-state index is 11.6. The molecule has 160 valence electrons. The Morgan fingerprint density at radius 3 is 3.00 bits per heavy atom. The lowest BCUT2D eigenvalue weighted by molar-refractivity contribution is 0.0693. The van der Waals surface area contributed by atoms with Gasteiger partial charge >= 0.3 is 13.1 Å². The lowest BCUT2D eigenvalue weighted by Gasteiger charge is -2.28. The molecule has 0 bridgehead atoms.